The van der Waals surface area contributed by atoms with Crippen molar-refractivity contribution in [1.82, 2.24) is 10.6 Å². The first-order valence-electron chi connectivity index (χ1n) is 7.49. The topological polar surface area (TPSA) is 75.3 Å². The molecule has 1 aliphatic rings. The maximum atomic E-state index is 12.3. The minimum atomic E-state index is -0.982. The van der Waals surface area contributed by atoms with E-state index in [1.807, 2.05) is 30.3 Å². The molecule has 0 aliphatic carbocycles. The second-order valence-electron chi connectivity index (χ2n) is 5.63. The first-order chi connectivity index (χ1) is 11.5. The predicted octanol–water partition coefficient (Wildman–Crippen LogP) is 2.65. The quantitative estimate of drug-likeness (QED) is 0.839. The number of halogens is 1. The number of urea groups is 1. The fourth-order valence-electron chi connectivity index (χ4n) is 2.90. The molecule has 1 heterocycles. The van der Waals surface area contributed by atoms with E-state index in [9.17, 15) is 14.4 Å². The normalized spacial score (nSPS) is 16.5. The molecule has 5 nitrogen and oxygen atoms in total. The molecule has 4 amide bonds. The molecule has 0 radical (unpaired) electrons. The van der Waals surface area contributed by atoms with Crippen LogP contribution in [-0.4, -0.2) is 17.8 Å². The number of carbonyl (C=O) groups is 3. The molecule has 6 heteroatoms. The van der Waals surface area contributed by atoms with Crippen molar-refractivity contribution in [1.29, 1.82) is 0 Å². The highest BCUT2D eigenvalue weighted by atomic mass is 35.5. The summed E-state index contributed by atoms with van der Waals surface area (Å²) in [5.41, 5.74) is 1.81. The van der Waals surface area contributed by atoms with E-state index in [2.05, 4.69) is 10.6 Å². The molecule has 122 valence electrons. The summed E-state index contributed by atoms with van der Waals surface area (Å²) in [6.45, 7) is 0. The highest BCUT2D eigenvalue weighted by molar-refractivity contribution is 6.30. The molecule has 1 saturated heterocycles. The molecule has 2 aromatic rings. The van der Waals surface area contributed by atoms with Gasteiger partial charge in [0.15, 0.2) is 0 Å². The monoisotopic (exact) mass is 342 g/mol. The average Bonchev–Trinajstić information content (AvgIpc) is 2.55. The van der Waals surface area contributed by atoms with Crippen LogP contribution in [0, 0.1) is 5.92 Å². The summed E-state index contributed by atoms with van der Waals surface area (Å²) in [5, 5.41) is 4.92. The van der Waals surface area contributed by atoms with E-state index in [0.29, 0.717) is 11.4 Å². The van der Waals surface area contributed by atoms with Crippen LogP contribution in [0.2, 0.25) is 5.02 Å². The fraction of sp³-hybridized carbons (Fsp3) is 0.167. The van der Waals surface area contributed by atoms with Gasteiger partial charge in [0.2, 0.25) is 11.8 Å². The van der Waals surface area contributed by atoms with E-state index in [1.165, 1.54) is 0 Å². The van der Waals surface area contributed by atoms with Crippen molar-refractivity contribution < 1.29 is 14.4 Å². The number of hydrogen-bond donors (Lipinski definition) is 2. The largest absolute Gasteiger partial charge is 0.328 e. The zero-order chi connectivity index (χ0) is 17.1. The third kappa shape index (κ3) is 3.46. The van der Waals surface area contributed by atoms with Gasteiger partial charge in [0, 0.05) is 10.9 Å². The van der Waals surface area contributed by atoms with Crippen LogP contribution in [0.4, 0.5) is 4.79 Å². The van der Waals surface area contributed by atoms with Gasteiger partial charge in [0.1, 0.15) is 5.92 Å². The minimum absolute atomic E-state index is 0.405. The lowest BCUT2D eigenvalue weighted by Crippen LogP contribution is -2.57. The van der Waals surface area contributed by atoms with Crippen LogP contribution >= 0.6 is 11.6 Å². The summed E-state index contributed by atoms with van der Waals surface area (Å²) < 4.78 is 0. The van der Waals surface area contributed by atoms with Gasteiger partial charge in [0.05, 0.1) is 0 Å². The van der Waals surface area contributed by atoms with E-state index < -0.39 is 29.7 Å². The molecule has 3 rings (SSSR count). The summed E-state index contributed by atoms with van der Waals surface area (Å²) in [6.07, 6.45) is 0.488. The third-order valence-corrected chi connectivity index (χ3v) is 4.29. The first kappa shape index (κ1) is 16.2. The molecule has 2 aromatic carbocycles. The molecule has 1 fully saturated rings. The summed E-state index contributed by atoms with van der Waals surface area (Å²) in [5.74, 6) is -2.55. The first-order valence-corrected chi connectivity index (χ1v) is 7.87. The molecular formula is C18H15ClN2O3. The van der Waals surface area contributed by atoms with Gasteiger partial charge in [-0.1, -0.05) is 54.1 Å². The van der Waals surface area contributed by atoms with Crippen molar-refractivity contribution in [2.45, 2.75) is 12.3 Å². The zero-order valence-electron chi connectivity index (χ0n) is 12.7. The molecule has 1 unspecified atom stereocenters. The van der Waals surface area contributed by atoms with E-state index >= 15 is 0 Å². The van der Waals surface area contributed by atoms with E-state index in [1.54, 1.807) is 24.3 Å². The highest BCUT2D eigenvalue weighted by Crippen LogP contribution is 2.31. The summed E-state index contributed by atoms with van der Waals surface area (Å²) in [4.78, 5) is 35.8. The van der Waals surface area contributed by atoms with E-state index in [-0.39, 0.29) is 0 Å². The molecule has 0 bridgehead atoms. The van der Waals surface area contributed by atoms with Crippen LogP contribution in [0.25, 0.3) is 0 Å². The van der Waals surface area contributed by atoms with E-state index in [0.717, 1.165) is 11.1 Å². The Morgan fingerprint density at radius 1 is 0.875 bits per heavy atom. The van der Waals surface area contributed by atoms with Gasteiger partial charge in [-0.25, -0.2) is 4.79 Å². The molecule has 24 heavy (non-hydrogen) atoms. The van der Waals surface area contributed by atoms with Crippen LogP contribution in [0.3, 0.4) is 0 Å². The van der Waals surface area contributed by atoms with Crippen LogP contribution in [0.15, 0.2) is 54.6 Å². The molecule has 1 atom stereocenters. The number of carbonyl (C=O) groups excluding carboxylic acids is 3. The second-order valence-corrected chi connectivity index (χ2v) is 6.07. The Labute approximate surface area is 144 Å². The van der Waals surface area contributed by atoms with Gasteiger partial charge in [-0.2, -0.15) is 0 Å². The summed E-state index contributed by atoms with van der Waals surface area (Å²) >= 11 is 5.94. The Morgan fingerprint density at radius 3 is 2.04 bits per heavy atom. The SMILES string of the molecule is O=C1NC(=O)C(C(Cc2ccccc2)c2ccc(Cl)cc2)C(=O)N1. The molecule has 2 N–H and O–H groups in total. The van der Waals surface area contributed by atoms with Crippen molar-refractivity contribution in [3.05, 3.63) is 70.7 Å². The minimum Gasteiger partial charge on any atom is -0.277 e. The Morgan fingerprint density at radius 2 is 1.46 bits per heavy atom. The number of barbiturate groups is 1. The van der Waals surface area contributed by atoms with Crippen LogP contribution in [-0.2, 0) is 16.0 Å². The summed E-state index contributed by atoms with van der Waals surface area (Å²) in [6, 6.07) is 15.8. The van der Waals surface area contributed by atoms with Crippen molar-refractivity contribution in [3.8, 4) is 0 Å². The van der Waals surface area contributed by atoms with Gasteiger partial charge < -0.3 is 0 Å². The Bertz CT molecular complexity index is 755. The van der Waals surface area contributed by atoms with Gasteiger partial charge in [-0.05, 0) is 29.7 Å². The lowest BCUT2D eigenvalue weighted by molar-refractivity contribution is -0.136. The number of nitrogens with one attached hydrogen (secondary N) is 2. The average molecular weight is 343 g/mol. The number of benzene rings is 2. The fourth-order valence-corrected chi connectivity index (χ4v) is 3.03. The molecule has 0 aromatic heterocycles. The Kier molecular flexibility index (Phi) is 4.62. The number of hydrogen-bond acceptors (Lipinski definition) is 3. The van der Waals surface area contributed by atoms with Gasteiger partial charge >= 0.3 is 6.03 Å². The molecule has 0 spiro atoms. The zero-order valence-corrected chi connectivity index (χ0v) is 13.4. The van der Waals surface area contributed by atoms with Gasteiger partial charge in [-0.3, -0.25) is 20.2 Å². The predicted molar refractivity (Wildman–Crippen MR) is 89.5 cm³/mol. The maximum absolute atomic E-state index is 12.3. The van der Waals surface area contributed by atoms with Crippen LogP contribution in [0.1, 0.15) is 17.0 Å². The van der Waals surface area contributed by atoms with Gasteiger partial charge in [-0.15, -0.1) is 0 Å². The van der Waals surface area contributed by atoms with Crippen molar-refractivity contribution in [3.63, 3.8) is 0 Å². The van der Waals surface area contributed by atoms with Crippen molar-refractivity contribution in [2.24, 2.45) is 5.92 Å². The van der Waals surface area contributed by atoms with Crippen molar-refractivity contribution >= 4 is 29.4 Å². The Balaban J connectivity index is 1.98. The number of imide groups is 2. The van der Waals surface area contributed by atoms with Gasteiger partial charge in [0.25, 0.3) is 0 Å². The van der Waals surface area contributed by atoms with E-state index in [4.69, 9.17) is 11.6 Å². The van der Waals surface area contributed by atoms with Crippen LogP contribution < -0.4 is 10.6 Å². The number of rotatable bonds is 4. The highest BCUT2D eigenvalue weighted by Gasteiger charge is 2.40. The maximum Gasteiger partial charge on any atom is 0.328 e. The lowest BCUT2D eigenvalue weighted by atomic mass is 9.80. The standard InChI is InChI=1S/C18H15ClN2O3/c19-13-8-6-12(7-9-13)14(10-11-4-2-1-3-5-11)15-16(22)20-18(24)21-17(15)23/h1-9,14-15H,10H2,(H2,20,21,22,23,24). The molecule has 1 aliphatic heterocycles. The molecule has 0 saturated carbocycles. The summed E-state index contributed by atoms with van der Waals surface area (Å²) in [7, 11) is 0. The van der Waals surface area contributed by atoms with Crippen LogP contribution in [0.5, 0.6) is 0 Å². The smallest absolute Gasteiger partial charge is 0.277 e. The Hall–Kier alpha value is -2.66. The van der Waals surface area contributed by atoms with Crippen molar-refractivity contribution in [2.75, 3.05) is 0 Å². The lowest BCUT2D eigenvalue weighted by Gasteiger charge is -2.28. The second kappa shape index (κ2) is 6.84. The molecular weight excluding hydrogens is 328 g/mol. The third-order valence-electron chi connectivity index (χ3n) is 4.04. The number of amides is 4.